The molecule has 7 nitrogen and oxygen atoms in total. The third-order valence-electron chi connectivity index (χ3n) is 6.31. The molecule has 6 aromatic rings. The van der Waals surface area contributed by atoms with Crippen LogP contribution in [0.3, 0.4) is 0 Å². The van der Waals surface area contributed by atoms with Gasteiger partial charge in [-0.1, -0.05) is 70.9 Å². The molecule has 0 aliphatic rings. The van der Waals surface area contributed by atoms with Gasteiger partial charge in [0.2, 0.25) is 5.13 Å². The molecule has 10 heteroatoms. The average Bonchev–Trinajstić information content (AvgIpc) is 3.41. The highest BCUT2D eigenvalue weighted by molar-refractivity contribution is 7.20. The minimum Gasteiger partial charge on any atom is -0.306 e. The summed E-state index contributed by atoms with van der Waals surface area (Å²) in [6, 6.07) is 21.9. The summed E-state index contributed by atoms with van der Waals surface area (Å²) >= 11 is 14.0. The minimum absolute atomic E-state index is 0.192. The van der Waals surface area contributed by atoms with Crippen LogP contribution in [-0.2, 0) is 13.1 Å². The molecule has 6 rings (SSSR count). The van der Waals surface area contributed by atoms with Crippen LogP contribution in [-0.4, -0.2) is 23.9 Å². The lowest BCUT2D eigenvalue weighted by atomic mass is 10.2. The molecule has 0 amide bonds. The summed E-state index contributed by atoms with van der Waals surface area (Å²) in [5, 5.41) is 1.87. The summed E-state index contributed by atoms with van der Waals surface area (Å²) in [5.74, 6) is 0. The van der Waals surface area contributed by atoms with E-state index in [4.69, 9.17) is 28.2 Å². The number of thiazole rings is 1. The van der Waals surface area contributed by atoms with Crippen LogP contribution in [0.4, 0.5) is 0 Å². The summed E-state index contributed by atoms with van der Waals surface area (Å²) < 4.78 is 5.84. The third-order valence-corrected chi connectivity index (χ3v) is 7.90. The third kappa shape index (κ3) is 4.17. The summed E-state index contributed by atoms with van der Waals surface area (Å²) in [6.07, 6.45) is 0. The number of nitrogens with zero attached hydrogens (tertiary/aromatic N) is 5. The minimum atomic E-state index is -0.258. The second-order valence-corrected chi connectivity index (χ2v) is 10.4. The Morgan fingerprint density at radius 3 is 2.46 bits per heavy atom. The predicted octanol–water partition coefficient (Wildman–Crippen LogP) is 5.67. The maximum absolute atomic E-state index is 14.0. The van der Waals surface area contributed by atoms with Gasteiger partial charge in [0.05, 0.1) is 39.9 Å². The predicted molar refractivity (Wildman–Crippen MR) is 149 cm³/mol. The van der Waals surface area contributed by atoms with Crippen LogP contribution in [0.15, 0.2) is 82.4 Å². The largest absolute Gasteiger partial charge is 0.306 e. The van der Waals surface area contributed by atoms with Crippen LogP contribution >= 0.6 is 34.5 Å². The number of pyridine rings is 2. The quantitative estimate of drug-likeness (QED) is 0.260. The molecule has 0 saturated carbocycles. The molecule has 0 atom stereocenters. The molecule has 0 unspecified atom stereocenters. The molecule has 4 aromatic heterocycles. The van der Waals surface area contributed by atoms with E-state index in [1.165, 1.54) is 17.4 Å². The Bertz CT molecular complexity index is 1900. The van der Waals surface area contributed by atoms with Gasteiger partial charge in [-0.2, -0.15) is 4.68 Å². The van der Waals surface area contributed by atoms with Gasteiger partial charge >= 0.3 is 0 Å². The Balaban J connectivity index is 1.62. The van der Waals surface area contributed by atoms with Crippen molar-refractivity contribution in [1.29, 1.82) is 0 Å². The van der Waals surface area contributed by atoms with Crippen molar-refractivity contribution in [3.05, 3.63) is 121 Å². The number of hydrogen-bond acceptors (Lipinski definition) is 5. The lowest BCUT2D eigenvalue weighted by molar-refractivity contribution is 0.610. The average molecular weight is 548 g/mol. The van der Waals surface area contributed by atoms with Crippen molar-refractivity contribution in [3.8, 4) is 5.13 Å². The van der Waals surface area contributed by atoms with Gasteiger partial charge in [-0.05, 0) is 42.8 Å². The highest BCUT2D eigenvalue weighted by atomic mass is 35.5. The molecule has 184 valence electrons. The zero-order valence-electron chi connectivity index (χ0n) is 19.6. The van der Waals surface area contributed by atoms with Crippen LogP contribution in [0.5, 0.6) is 0 Å². The van der Waals surface area contributed by atoms with E-state index < -0.39 is 0 Å². The SMILES string of the molecule is Cc1c2c(=O)n(-c3nc4ccccc4s3)n(Cc3ccccc3Cl)c2cc(=O)n1Cc1cccc(Cl)n1. The molecular weight excluding hydrogens is 529 g/mol. The van der Waals surface area contributed by atoms with Gasteiger partial charge in [0, 0.05) is 16.8 Å². The first kappa shape index (κ1) is 23.7. The van der Waals surface area contributed by atoms with E-state index in [2.05, 4.69) is 4.98 Å². The number of halogens is 2. The van der Waals surface area contributed by atoms with E-state index in [1.54, 1.807) is 45.1 Å². The first-order valence-corrected chi connectivity index (χ1v) is 13.0. The molecule has 37 heavy (non-hydrogen) atoms. The lowest BCUT2D eigenvalue weighted by Crippen LogP contribution is -2.24. The van der Waals surface area contributed by atoms with E-state index in [1.807, 2.05) is 42.5 Å². The smallest absolute Gasteiger partial charge is 0.283 e. The normalized spacial score (nSPS) is 11.5. The molecule has 2 aromatic carbocycles. The van der Waals surface area contributed by atoms with Crippen molar-refractivity contribution in [2.75, 3.05) is 0 Å². The highest BCUT2D eigenvalue weighted by Crippen LogP contribution is 2.27. The van der Waals surface area contributed by atoms with Crippen LogP contribution in [0.2, 0.25) is 10.2 Å². The Morgan fingerprint density at radius 1 is 0.892 bits per heavy atom. The van der Waals surface area contributed by atoms with E-state index >= 15 is 0 Å². The summed E-state index contributed by atoms with van der Waals surface area (Å²) in [6.45, 7) is 2.25. The van der Waals surface area contributed by atoms with Gasteiger partial charge < -0.3 is 4.57 Å². The molecule has 0 aliphatic heterocycles. The van der Waals surface area contributed by atoms with Crippen molar-refractivity contribution in [3.63, 3.8) is 0 Å². The van der Waals surface area contributed by atoms with Gasteiger partial charge in [-0.3, -0.25) is 14.3 Å². The lowest BCUT2D eigenvalue weighted by Gasteiger charge is -2.13. The fourth-order valence-corrected chi connectivity index (χ4v) is 5.88. The van der Waals surface area contributed by atoms with Crippen molar-refractivity contribution >= 4 is 55.7 Å². The monoisotopic (exact) mass is 547 g/mol. The standard InChI is InChI=1S/C27H19Cl2N5O2S/c1-16-25-21(13-24(35)32(16)15-18-8-6-12-23(29)30-18)33(14-17-7-2-3-9-19(17)28)34(26(25)36)27-31-20-10-4-5-11-22(20)37-27/h2-13H,14-15H2,1H3. The zero-order valence-corrected chi connectivity index (χ0v) is 21.9. The Labute approximate surface area is 224 Å². The topological polar surface area (TPSA) is 74.7 Å². The van der Waals surface area contributed by atoms with Gasteiger partial charge in [0.25, 0.3) is 11.1 Å². The van der Waals surface area contributed by atoms with E-state index in [9.17, 15) is 9.59 Å². The van der Waals surface area contributed by atoms with E-state index in [0.717, 1.165) is 15.8 Å². The van der Waals surface area contributed by atoms with Crippen LogP contribution in [0, 0.1) is 6.92 Å². The molecule has 4 heterocycles. The maximum Gasteiger partial charge on any atom is 0.283 e. The van der Waals surface area contributed by atoms with Crippen LogP contribution < -0.4 is 11.1 Å². The Morgan fingerprint density at radius 2 is 1.68 bits per heavy atom. The Kier molecular flexibility index (Phi) is 5.95. The molecule has 0 aliphatic carbocycles. The number of hydrogen-bond donors (Lipinski definition) is 0. The number of benzene rings is 2. The second kappa shape index (κ2) is 9.30. The van der Waals surface area contributed by atoms with Gasteiger partial charge in [0.15, 0.2) is 0 Å². The van der Waals surface area contributed by atoms with Gasteiger partial charge in [-0.15, -0.1) is 0 Å². The molecule has 0 saturated heterocycles. The molecule has 0 radical (unpaired) electrons. The number of para-hydroxylation sites is 1. The number of aromatic nitrogens is 5. The zero-order chi connectivity index (χ0) is 25.7. The van der Waals surface area contributed by atoms with Crippen LogP contribution in [0.1, 0.15) is 17.0 Å². The molecule has 0 spiro atoms. The van der Waals surface area contributed by atoms with Crippen molar-refractivity contribution in [2.24, 2.45) is 0 Å². The van der Waals surface area contributed by atoms with E-state index in [0.29, 0.717) is 37.6 Å². The van der Waals surface area contributed by atoms with E-state index in [-0.39, 0.29) is 24.2 Å². The number of fused-ring (bicyclic) bond motifs is 2. The number of aryl methyl sites for hydroxylation is 1. The number of rotatable bonds is 5. The maximum atomic E-state index is 14.0. The van der Waals surface area contributed by atoms with Crippen LogP contribution in [0.25, 0.3) is 26.3 Å². The molecule has 0 fully saturated rings. The van der Waals surface area contributed by atoms with Crippen molar-refractivity contribution in [2.45, 2.75) is 20.0 Å². The fraction of sp³-hybridized carbons (Fsp3) is 0.111. The van der Waals surface area contributed by atoms with Crippen molar-refractivity contribution in [1.82, 2.24) is 23.9 Å². The summed E-state index contributed by atoms with van der Waals surface area (Å²) in [7, 11) is 0. The van der Waals surface area contributed by atoms with Gasteiger partial charge in [0.1, 0.15) is 5.15 Å². The second-order valence-electron chi connectivity index (χ2n) is 8.60. The van der Waals surface area contributed by atoms with Crippen molar-refractivity contribution < 1.29 is 0 Å². The first-order chi connectivity index (χ1) is 17.9. The first-order valence-electron chi connectivity index (χ1n) is 11.5. The Hall–Kier alpha value is -3.72. The summed E-state index contributed by atoms with van der Waals surface area (Å²) in [4.78, 5) is 36.4. The van der Waals surface area contributed by atoms with Gasteiger partial charge in [-0.25, -0.2) is 9.97 Å². The fourth-order valence-electron chi connectivity index (χ4n) is 4.53. The molecule has 0 N–H and O–H groups in total. The molecule has 0 bridgehead atoms. The summed E-state index contributed by atoms with van der Waals surface area (Å²) in [5.41, 5.74) is 2.80. The molecular formula is C27H19Cl2N5O2S. The highest BCUT2D eigenvalue weighted by Gasteiger charge is 2.22.